The van der Waals surface area contributed by atoms with E-state index in [-0.39, 0.29) is 0 Å². The molecule has 0 unspecified atom stereocenters. The number of pyridine rings is 1. The molecule has 0 aromatic carbocycles. The summed E-state index contributed by atoms with van der Waals surface area (Å²) in [6, 6.07) is 4.19. The molecule has 3 heterocycles. The number of guanidine groups is 1. The number of hydrogen-bond acceptors (Lipinski definition) is 4. The molecule has 2 N–H and O–H groups in total. The van der Waals surface area contributed by atoms with Gasteiger partial charge in [-0.3, -0.25) is 0 Å². The van der Waals surface area contributed by atoms with Gasteiger partial charge in [-0.2, -0.15) is 0 Å². The first kappa shape index (κ1) is 16.1. The smallest absolute Gasteiger partial charge is 0.191 e. The highest BCUT2D eigenvalue weighted by Crippen LogP contribution is 2.15. The number of likely N-dealkylation sites (N-methyl/N-ethyl adjacent to an activating group) is 1. The minimum atomic E-state index is 0.631. The molecule has 6 heteroatoms. The van der Waals surface area contributed by atoms with Gasteiger partial charge in [-0.25, -0.2) is 9.98 Å². The van der Waals surface area contributed by atoms with Crippen molar-refractivity contribution in [3.8, 4) is 0 Å². The van der Waals surface area contributed by atoms with E-state index < -0.39 is 0 Å². The summed E-state index contributed by atoms with van der Waals surface area (Å²) < 4.78 is 0. The number of piperidine rings is 1. The van der Waals surface area contributed by atoms with Crippen molar-refractivity contribution >= 4 is 11.8 Å². The van der Waals surface area contributed by atoms with Gasteiger partial charge in [0, 0.05) is 45.5 Å². The minimum Gasteiger partial charge on any atom is -0.370 e. The fraction of sp³-hybridized carbons (Fsp3) is 0.647. The van der Waals surface area contributed by atoms with Gasteiger partial charge in [0.05, 0.1) is 6.54 Å². The van der Waals surface area contributed by atoms with Crippen molar-refractivity contribution in [1.82, 2.24) is 14.8 Å². The van der Waals surface area contributed by atoms with E-state index in [1.54, 1.807) is 0 Å². The van der Waals surface area contributed by atoms with Gasteiger partial charge < -0.3 is 20.4 Å². The molecule has 126 valence electrons. The molecule has 2 saturated heterocycles. The molecule has 3 rings (SSSR count). The second-order valence-electron chi connectivity index (χ2n) is 6.53. The van der Waals surface area contributed by atoms with Gasteiger partial charge in [0.15, 0.2) is 5.96 Å². The number of nitrogens with zero attached hydrogens (tertiary/aromatic N) is 5. The Hall–Kier alpha value is -1.82. The summed E-state index contributed by atoms with van der Waals surface area (Å²) in [5, 5.41) is 0. The van der Waals surface area contributed by atoms with Crippen molar-refractivity contribution in [3.63, 3.8) is 0 Å². The Morgan fingerprint density at radius 1 is 1.13 bits per heavy atom. The van der Waals surface area contributed by atoms with E-state index in [2.05, 4.69) is 37.8 Å². The lowest BCUT2D eigenvalue weighted by molar-refractivity contribution is 0.312. The van der Waals surface area contributed by atoms with Crippen molar-refractivity contribution in [2.75, 3.05) is 51.2 Å². The lowest BCUT2D eigenvalue weighted by atomic mass is 10.1. The van der Waals surface area contributed by atoms with Crippen LogP contribution >= 0.6 is 0 Å². The second kappa shape index (κ2) is 7.64. The van der Waals surface area contributed by atoms with Crippen molar-refractivity contribution in [1.29, 1.82) is 0 Å². The van der Waals surface area contributed by atoms with Gasteiger partial charge in [-0.1, -0.05) is 0 Å². The third kappa shape index (κ3) is 4.34. The second-order valence-corrected chi connectivity index (χ2v) is 6.53. The summed E-state index contributed by atoms with van der Waals surface area (Å²) in [6.45, 7) is 6.96. The highest BCUT2D eigenvalue weighted by molar-refractivity contribution is 5.78. The SMILES string of the molecule is CN1CCN(c2cc(CN=C(N)N3CCCCC3)ccn2)CC1. The number of aromatic nitrogens is 1. The predicted molar refractivity (Wildman–Crippen MR) is 94.7 cm³/mol. The molecule has 2 aliphatic rings. The van der Waals surface area contributed by atoms with Gasteiger partial charge in [-0.15, -0.1) is 0 Å². The molecule has 1 aromatic rings. The van der Waals surface area contributed by atoms with E-state index in [0.29, 0.717) is 12.5 Å². The molecule has 0 bridgehead atoms. The topological polar surface area (TPSA) is 61.0 Å². The maximum Gasteiger partial charge on any atom is 0.191 e. The molecular formula is C17H28N6. The van der Waals surface area contributed by atoms with Crippen molar-refractivity contribution in [2.45, 2.75) is 25.8 Å². The molecule has 0 radical (unpaired) electrons. The van der Waals surface area contributed by atoms with Gasteiger partial charge in [0.2, 0.25) is 0 Å². The number of anilines is 1. The zero-order valence-corrected chi connectivity index (χ0v) is 14.1. The number of piperazine rings is 1. The molecule has 23 heavy (non-hydrogen) atoms. The minimum absolute atomic E-state index is 0.631. The average molecular weight is 316 g/mol. The Labute approximate surface area is 139 Å². The summed E-state index contributed by atoms with van der Waals surface area (Å²) in [6.07, 6.45) is 5.64. The average Bonchev–Trinajstić information content (AvgIpc) is 2.61. The quantitative estimate of drug-likeness (QED) is 0.669. The Morgan fingerprint density at radius 3 is 2.61 bits per heavy atom. The van der Waals surface area contributed by atoms with Crippen LogP contribution in [0.4, 0.5) is 5.82 Å². The first-order valence-corrected chi connectivity index (χ1v) is 8.66. The van der Waals surface area contributed by atoms with Crippen LogP contribution in [-0.2, 0) is 6.54 Å². The molecule has 0 atom stereocenters. The summed E-state index contributed by atoms with van der Waals surface area (Å²) >= 11 is 0. The van der Waals surface area contributed by atoms with E-state index in [0.717, 1.165) is 45.1 Å². The van der Waals surface area contributed by atoms with E-state index in [1.807, 2.05) is 12.3 Å². The van der Waals surface area contributed by atoms with E-state index >= 15 is 0 Å². The molecule has 0 saturated carbocycles. The zero-order valence-electron chi connectivity index (χ0n) is 14.1. The van der Waals surface area contributed by atoms with Gasteiger partial charge >= 0.3 is 0 Å². The molecule has 1 aromatic heterocycles. The number of likely N-dealkylation sites (tertiary alicyclic amines) is 1. The standard InChI is InChI=1S/C17H28N6/c1-21-9-11-22(12-10-21)16-13-15(5-6-19-16)14-20-17(18)23-7-3-2-4-8-23/h5-6,13H,2-4,7-12,14H2,1H3,(H2,18,20). The fourth-order valence-electron chi connectivity index (χ4n) is 3.16. The van der Waals surface area contributed by atoms with Crippen LogP contribution in [0.1, 0.15) is 24.8 Å². The largest absolute Gasteiger partial charge is 0.370 e. The van der Waals surface area contributed by atoms with Crippen molar-refractivity contribution < 1.29 is 0 Å². The molecular weight excluding hydrogens is 288 g/mol. The maximum absolute atomic E-state index is 6.14. The van der Waals surface area contributed by atoms with E-state index in [4.69, 9.17) is 5.73 Å². The summed E-state index contributed by atoms with van der Waals surface area (Å²) in [5.74, 6) is 1.74. The van der Waals surface area contributed by atoms with Gasteiger partial charge in [-0.05, 0) is 44.0 Å². The Morgan fingerprint density at radius 2 is 1.87 bits per heavy atom. The van der Waals surface area contributed by atoms with Crippen LogP contribution in [0.2, 0.25) is 0 Å². The fourth-order valence-corrected chi connectivity index (χ4v) is 3.16. The Kier molecular flexibility index (Phi) is 5.33. The number of rotatable bonds is 3. The first-order chi connectivity index (χ1) is 11.2. The van der Waals surface area contributed by atoms with E-state index in [9.17, 15) is 0 Å². The Balaban J connectivity index is 1.61. The van der Waals surface area contributed by atoms with Crippen molar-refractivity contribution in [3.05, 3.63) is 23.9 Å². The molecule has 2 aliphatic heterocycles. The lowest BCUT2D eigenvalue weighted by Gasteiger charge is -2.33. The number of aliphatic imine (C=N–C) groups is 1. The summed E-state index contributed by atoms with van der Waals surface area (Å²) in [4.78, 5) is 16.0. The summed E-state index contributed by atoms with van der Waals surface area (Å²) in [5.41, 5.74) is 7.31. The highest BCUT2D eigenvalue weighted by atomic mass is 15.3. The normalized spacial score (nSPS) is 20.8. The van der Waals surface area contributed by atoms with Crippen LogP contribution in [0.3, 0.4) is 0 Å². The van der Waals surface area contributed by atoms with Crippen LogP contribution in [0.5, 0.6) is 0 Å². The number of nitrogens with two attached hydrogens (primary N) is 1. The molecule has 0 amide bonds. The third-order valence-electron chi connectivity index (χ3n) is 4.74. The summed E-state index contributed by atoms with van der Waals surface area (Å²) in [7, 11) is 2.17. The monoisotopic (exact) mass is 316 g/mol. The van der Waals surface area contributed by atoms with Crippen LogP contribution in [0.15, 0.2) is 23.3 Å². The molecule has 0 spiro atoms. The van der Waals surface area contributed by atoms with E-state index in [1.165, 1.54) is 24.8 Å². The molecule has 6 nitrogen and oxygen atoms in total. The lowest BCUT2D eigenvalue weighted by Crippen LogP contribution is -2.44. The molecule has 2 fully saturated rings. The molecule has 0 aliphatic carbocycles. The van der Waals surface area contributed by atoms with Crippen LogP contribution < -0.4 is 10.6 Å². The van der Waals surface area contributed by atoms with Crippen LogP contribution in [-0.4, -0.2) is 67.1 Å². The number of hydrogen-bond donors (Lipinski definition) is 1. The first-order valence-electron chi connectivity index (χ1n) is 8.66. The third-order valence-corrected chi connectivity index (χ3v) is 4.74. The van der Waals surface area contributed by atoms with Gasteiger partial charge in [0.1, 0.15) is 5.82 Å². The van der Waals surface area contributed by atoms with Crippen LogP contribution in [0.25, 0.3) is 0 Å². The zero-order chi connectivity index (χ0) is 16.1. The Bertz CT molecular complexity index is 530. The van der Waals surface area contributed by atoms with Gasteiger partial charge in [0.25, 0.3) is 0 Å². The predicted octanol–water partition coefficient (Wildman–Crippen LogP) is 1.13. The van der Waals surface area contributed by atoms with Crippen LogP contribution in [0, 0.1) is 0 Å². The highest BCUT2D eigenvalue weighted by Gasteiger charge is 2.15. The van der Waals surface area contributed by atoms with Crippen molar-refractivity contribution in [2.24, 2.45) is 10.7 Å². The maximum atomic E-state index is 6.14.